The van der Waals surface area contributed by atoms with E-state index in [1.54, 1.807) is 30.5 Å². The molecule has 0 spiro atoms. The van der Waals surface area contributed by atoms with Gasteiger partial charge < -0.3 is 10.0 Å². The van der Waals surface area contributed by atoms with Crippen LogP contribution in [0.4, 0.5) is 0 Å². The summed E-state index contributed by atoms with van der Waals surface area (Å²) >= 11 is 1.63. The summed E-state index contributed by atoms with van der Waals surface area (Å²) in [4.78, 5) is 14.1. The van der Waals surface area contributed by atoms with Crippen LogP contribution in [0.3, 0.4) is 0 Å². The van der Waals surface area contributed by atoms with E-state index in [4.69, 9.17) is 0 Å². The van der Waals surface area contributed by atoms with E-state index in [1.165, 1.54) is 5.56 Å². The van der Waals surface area contributed by atoms with E-state index in [9.17, 15) is 9.90 Å². The van der Waals surface area contributed by atoms with Gasteiger partial charge in [-0.3, -0.25) is 4.79 Å². The quantitative estimate of drug-likeness (QED) is 0.841. The van der Waals surface area contributed by atoms with Crippen molar-refractivity contribution in [1.82, 2.24) is 4.90 Å². The van der Waals surface area contributed by atoms with Crippen LogP contribution in [-0.2, 0) is 10.5 Å². The highest BCUT2D eigenvalue weighted by Crippen LogP contribution is 2.20. The van der Waals surface area contributed by atoms with Gasteiger partial charge in [0.1, 0.15) is 0 Å². The smallest absolute Gasteiger partial charge is 0.235 e. The summed E-state index contributed by atoms with van der Waals surface area (Å²) in [6.45, 7) is 8.33. The Hall–Kier alpha value is -1.00. The fraction of sp³-hybridized carbons (Fsp3) is 0.562. The van der Waals surface area contributed by atoms with Crippen LogP contribution < -0.4 is 0 Å². The molecule has 0 saturated heterocycles. The largest absolute Gasteiger partial charge is 0.389 e. The number of carbonyl (C=O) groups excluding carboxylic acids is 1. The number of hydrogen-bond acceptors (Lipinski definition) is 3. The molecule has 1 unspecified atom stereocenters. The first-order valence-corrected chi connectivity index (χ1v) is 8.05. The summed E-state index contributed by atoms with van der Waals surface area (Å²) in [5, 5.41) is 9.76. The molecule has 4 heteroatoms. The molecule has 0 bridgehead atoms. The lowest BCUT2D eigenvalue weighted by Crippen LogP contribution is -2.45. The van der Waals surface area contributed by atoms with Crippen LogP contribution in [0.25, 0.3) is 0 Å². The van der Waals surface area contributed by atoms with Crippen LogP contribution in [0.1, 0.15) is 33.3 Å². The number of hydrogen-bond donors (Lipinski definition) is 1. The summed E-state index contributed by atoms with van der Waals surface area (Å²) in [5.41, 5.74) is 0.373. The number of aliphatic hydroxyl groups is 1. The minimum Gasteiger partial charge on any atom is -0.389 e. The maximum absolute atomic E-state index is 12.4. The third kappa shape index (κ3) is 5.97. The van der Waals surface area contributed by atoms with E-state index in [0.29, 0.717) is 13.1 Å². The molecule has 1 atom stereocenters. The molecular formula is C16H25NO2S. The van der Waals surface area contributed by atoms with E-state index in [-0.39, 0.29) is 11.2 Å². The van der Waals surface area contributed by atoms with Crippen molar-refractivity contribution in [2.24, 2.45) is 0 Å². The molecule has 0 aliphatic rings. The van der Waals surface area contributed by atoms with E-state index >= 15 is 0 Å². The topological polar surface area (TPSA) is 40.5 Å². The maximum atomic E-state index is 12.4. The van der Waals surface area contributed by atoms with Gasteiger partial charge in [-0.05, 0) is 33.3 Å². The van der Waals surface area contributed by atoms with Crippen molar-refractivity contribution >= 4 is 17.7 Å². The van der Waals surface area contributed by atoms with Crippen molar-refractivity contribution in [3.8, 4) is 0 Å². The van der Waals surface area contributed by atoms with Gasteiger partial charge in [-0.25, -0.2) is 0 Å². The molecule has 3 nitrogen and oxygen atoms in total. The van der Waals surface area contributed by atoms with Crippen LogP contribution in [0, 0.1) is 0 Å². The van der Waals surface area contributed by atoms with Crippen molar-refractivity contribution in [3.63, 3.8) is 0 Å². The van der Waals surface area contributed by atoms with Gasteiger partial charge in [0.05, 0.1) is 10.9 Å². The summed E-state index contributed by atoms with van der Waals surface area (Å²) in [5.74, 6) is 0.920. The molecule has 1 amide bonds. The average Bonchev–Trinajstić information content (AvgIpc) is 2.41. The highest BCUT2D eigenvalue weighted by Gasteiger charge is 2.25. The van der Waals surface area contributed by atoms with Gasteiger partial charge in [0.2, 0.25) is 5.91 Å². The van der Waals surface area contributed by atoms with Crippen LogP contribution in [-0.4, -0.2) is 39.9 Å². The molecule has 1 aromatic carbocycles. The van der Waals surface area contributed by atoms with Gasteiger partial charge in [0.25, 0.3) is 0 Å². The lowest BCUT2D eigenvalue weighted by Gasteiger charge is -2.30. The van der Waals surface area contributed by atoms with Gasteiger partial charge in [-0.1, -0.05) is 30.3 Å². The number of thioether (sulfide) groups is 1. The summed E-state index contributed by atoms with van der Waals surface area (Å²) in [6.07, 6.45) is 0. The molecule has 0 aliphatic carbocycles. The minimum absolute atomic E-state index is 0.0931. The first kappa shape index (κ1) is 17.1. The number of benzene rings is 1. The number of rotatable bonds is 7. The zero-order chi connectivity index (χ0) is 15.2. The van der Waals surface area contributed by atoms with Crippen molar-refractivity contribution in [2.45, 2.75) is 44.3 Å². The highest BCUT2D eigenvalue weighted by atomic mass is 32.2. The molecule has 0 heterocycles. The van der Waals surface area contributed by atoms with Gasteiger partial charge >= 0.3 is 0 Å². The van der Waals surface area contributed by atoms with E-state index in [2.05, 4.69) is 12.1 Å². The second kappa shape index (κ2) is 7.70. The third-order valence-electron chi connectivity index (χ3n) is 2.96. The van der Waals surface area contributed by atoms with E-state index in [0.717, 1.165) is 5.75 Å². The van der Waals surface area contributed by atoms with E-state index in [1.807, 2.05) is 32.0 Å². The number of nitrogens with zero attached hydrogens (tertiary/aromatic N) is 1. The molecule has 1 N–H and O–H groups in total. The fourth-order valence-electron chi connectivity index (χ4n) is 1.94. The predicted octanol–water partition coefficient (Wildman–Crippen LogP) is 2.93. The summed E-state index contributed by atoms with van der Waals surface area (Å²) < 4.78 is 0. The highest BCUT2D eigenvalue weighted by molar-refractivity contribution is 7.99. The van der Waals surface area contributed by atoms with Crippen LogP contribution >= 0.6 is 11.8 Å². The Morgan fingerprint density at radius 2 is 1.95 bits per heavy atom. The summed E-state index contributed by atoms with van der Waals surface area (Å²) in [7, 11) is 0. The fourth-order valence-corrected chi connectivity index (χ4v) is 2.86. The van der Waals surface area contributed by atoms with E-state index < -0.39 is 5.60 Å². The first-order chi connectivity index (χ1) is 9.33. The van der Waals surface area contributed by atoms with Gasteiger partial charge in [0, 0.05) is 18.8 Å². The normalized spacial score (nSPS) is 13.1. The summed E-state index contributed by atoms with van der Waals surface area (Å²) in [6, 6.07) is 10.1. The van der Waals surface area contributed by atoms with Gasteiger partial charge in [-0.15, -0.1) is 11.8 Å². The standard InChI is InChI=1S/C16H25NO2S/c1-5-17(12-16(3,4)19)15(18)13(2)20-11-14-9-7-6-8-10-14/h6-10,13,19H,5,11-12H2,1-4H3. The Labute approximate surface area is 126 Å². The molecule has 1 rings (SSSR count). The Bertz CT molecular complexity index is 414. The second-order valence-corrected chi connectivity index (χ2v) is 6.93. The monoisotopic (exact) mass is 295 g/mol. The Morgan fingerprint density at radius 3 is 2.45 bits per heavy atom. The van der Waals surface area contributed by atoms with Crippen molar-refractivity contribution in [3.05, 3.63) is 35.9 Å². The number of amides is 1. The molecule has 20 heavy (non-hydrogen) atoms. The zero-order valence-corrected chi connectivity index (χ0v) is 13.6. The lowest BCUT2D eigenvalue weighted by atomic mass is 10.1. The molecular weight excluding hydrogens is 270 g/mol. The Morgan fingerprint density at radius 1 is 1.35 bits per heavy atom. The van der Waals surface area contributed by atoms with Crippen molar-refractivity contribution in [1.29, 1.82) is 0 Å². The van der Waals surface area contributed by atoms with Gasteiger partial charge in [0.15, 0.2) is 0 Å². The molecule has 0 fully saturated rings. The Balaban J connectivity index is 2.52. The average molecular weight is 295 g/mol. The third-order valence-corrected chi connectivity index (χ3v) is 4.16. The van der Waals surface area contributed by atoms with Crippen LogP contribution in [0.2, 0.25) is 0 Å². The first-order valence-electron chi connectivity index (χ1n) is 7.00. The molecule has 0 radical (unpaired) electrons. The van der Waals surface area contributed by atoms with Crippen molar-refractivity contribution in [2.75, 3.05) is 13.1 Å². The van der Waals surface area contributed by atoms with Crippen LogP contribution in [0.15, 0.2) is 30.3 Å². The molecule has 0 aromatic heterocycles. The Kier molecular flexibility index (Phi) is 6.56. The van der Waals surface area contributed by atoms with Crippen molar-refractivity contribution < 1.29 is 9.90 Å². The van der Waals surface area contributed by atoms with Crippen LogP contribution in [0.5, 0.6) is 0 Å². The number of likely N-dealkylation sites (N-methyl/N-ethyl adjacent to an activating group) is 1. The molecule has 0 saturated carbocycles. The molecule has 112 valence electrons. The minimum atomic E-state index is -0.852. The number of carbonyl (C=O) groups is 1. The molecule has 0 aliphatic heterocycles. The SMILES string of the molecule is CCN(CC(C)(C)O)C(=O)C(C)SCc1ccccc1. The van der Waals surface area contributed by atoms with Gasteiger partial charge in [-0.2, -0.15) is 0 Å². The second-order valence-electron chi connectivity index (χ2n) is 5.60. The zero-order valence-electron chi connectivity index (χ0n) is 12.8. The molecule has 1 aromatic rings. The lowest BCUT2D eigenvalue weighted by molar-refractivity contribution is -0.133. The maximum Gasteiger partial charge on any atom is 0.235 e. The predicted molar refractivity (Wildman–Crippen MR) is 85.8 cm³/mol.